The maximum atomic E-state index is 5.75. The Hall–Kier alpha value is -1.26. The van der Waals surface area contributed by atoms with E-state index in [1.165, 1.54) is 5.56 Å². The van der Waals surface area contributed by atoms with E-state index < -0.39 is 0 Å². The summed E-state index contributed by atoms with van der Waals surface area (Å²) < 4.78 is 0. The molecule has 1 saturated carbocycles. The van der Waals surface area contributed by atoms with Gasteiger partial charge in [0.15, 0.2) is 0 Å². The molecule has 1 aromatic carbocycles. The highest BCUT2D eigenvalue weighted by atomic mass is 14.7. The SMILES string of the molecule is C#Cc1ccccc1C1CC1N. The summed E-state index contributed by atoms with van der Waals surface area (Å²) in [6, 6.07) is 8.36. The Kier molecular flexibility index (Phi) is 1.64. The molecular formula is C11H11N. The highest BCUT2D eigenvalue weighted by Gasteiger charge is 2.35. The van der Waals surface area contributed by atoms with Gasteiger partial charge in [-0.2, -0.15) is 0 Å². The van der Waals surface area contributed by atoms with Gasteiger partial charge in [0.2, 0.25) is 0 Å². The number of terminal acetylenes is 1. The van der Waals surface area contributed by atoms with E-state index in [1.54, 1.807) is 0 Å². The van der Waals surface area contributed by atoms with Crippen LogP contribution in [0.5, 0.6) is 0 Å². The van der Waals surface area contributed by atoms with Crippen molar-refractivity contribution < 1.29 is 0 Å². The fourth-order valence-electron chi connectivity index (χ4n) is 1.52. The van der Waals surface area contributed by atoms with Crippen molar-refractivity contribution in [3.63, 3.8) is 0 Å². The van der Waals surface area contributed by atoms with Gasteiger partial charge in [-0.05, 0) is 18.1 Å². The van der Waals surface area contributed by atoms with Crippen molar-refractivity contribution >= 4 is 0 Å². The average Bonchev–Trinajstić information content (AvgIpc) is 2.83. The molecule has 1 heteroatoms. The Balaban J connectivity index is 2.38. The summed E-state index contributed by atoms with van der Waals surface area (Å²) in [7, 11) is 0. The van der Waals surface area contributed by atoms with Gasteiger partial charge in [-0.3, -0.25) is 0 Å². The number of nitrogens with two attached hydrogens (primary N) is 1. The highest BCUT2D eigenvalue weighted by Crippen LogP contribution is 2.40. The van der Waals surface area contributed by atoms with Crippen molar-refractivity contribution in [1.29, 1.82) is 0 Å². The van der Waals surface area contributed by atoms with E-state index in [9.17, 15) is 0 Å². The van der Waals surface area contributed by atoms with Gasteiger partial charge in [-0.1, -0.05) is 24.1 Å². The molecule has 1 aliphatic carbocycles. The predicted octanol–water partition coefficient (Wildman–Crippen LogP) is 1.48. The molecule has 2 rings (SSSR count). The van der Waals surface area contributed by atoms with Crippen LogP contribution in [0.2, 0.25) is 0 Å². The van der Waals surface area contributed by atoms with E-state index in [-0.39, 0.29) is 0 Å². The lowest BCUT2D eigenvalue weighted by molar-refractivity contribution is 0.987. The minimum atomic E-state index is 0.333. The molecule has 0 radical (unpaired) electrons. The maximum absolute atomic E-state index is 5.75. The van der Waals surface area contributed by atoms with Gasteiger partial charge >= 0.3 is 0 Å². The van der Waals surface area contributed by atoms with Crippen molar-refractivity contribution in [2.24, 2.45) is 5.73 Å². The van der Waals surface area contributed by atoms with Crippen LogP contribution in [0.25, 0.3) is 0 Å². The standard InChI is InChI=1S/C11H11N/c1-2-8-5-3-4-6-9(8)10-7-11(10)12/h1,3-6,10-11H,7,12H2. The van der Waals surface area contributed by atoms with Crippen LogP contribution in [-0.2, 0) is 0 Å². The second-order valence-corrected chi connectivity index (χ2v) is 3.24. The van der Waals surface area contributed by atoms with Crippen LogP contribution < -0.4 is 5.73 Å². The zero-order valence-corrected chi connectivity index (χ0v) is 6.83. The third kappa shape index (κ3) is 1.11. The molecule has 60 valence electrons. The third-order valence-corrected chi connectivity index (χ3v) is 2.36. The van der Waals surface area contributed by atoms with E-state index >= 15 is 0 Å². The van der Waals surface area contributed by atoms with Crippen molar-refractivity contribution in [2.45, 2.75) is 18.4 Å². The maximum Gasteiger partial charge on any atom is 0.0278 e. The van der Waals surface area contributed by atoms with Gasteiger partial charge in [0, 0.05) is 17.5 Å². The van der Waals surface area contributed by atoms with Gasteiger partial charge in [-0.15, -0.1) is 6.42 Å². The number of hydrogen-bond acceptors (Lipinski definition) is 1. The molecular weight excluding hydrogens is 146 g/mol. The zero-order valence-electron chi connectivity index (χ0n) is 6.83. The van der Waals surface area contributed by atoms with Crippen molar-refractivity contribution in [3.8, 4) is 12.3 Å². The van der Waals surface area contributed by atoms with E-state index in [2.05, 4.69) is 12.0 Å². The molecule has 0 saturated heterocycles. The van der Waals surface area contributed by atoms with E-state index in [0.29, 0.717) is 12.0 Å². The van der Waals surface area contributed by atoms with Gasteiger partial charge < -0.3 is 5.73 Å². The lowest BCUT2D eigenvalue weighted by atomic mass is 10.0. The van der Waals surface area contributed by atoms with Crippen LogP contribution in [0.4, 0.5) is 0 Å². The van der Waals surface area contributed by atoms with Crippen LogP contribution in [0.3, 0.4) is 0 Å². The Morgan fingerprint density at radius 2 is 2.08 bits per heavy atom. The van der Waals surface area contributed by atoms with Crippen LogP contribution in [0, 0.1) is 12.3 Å². The number of rotatable bonds is 1. The third-order valence-electron chi connectivity index (χ3n) is 2.36. The van der Waals surface area contributed by atoms with Gasteiger partial charge in [0.05, 0.1) is 0 Å². The first-order valence-corrected chi connectivity index (χ1v) is 4.14. The van der Waals surface area contributed by atoms with E-state index in [4.69, 9.17) is 12.2 Å². The predicted molar refractivity (Wildman–Crippen MR) is 49.7 cm³/mol. The first kappa shape index (κ1) is 7.39. The molecule has 1 fully saturated rings. The van der Waals surface area contributed by atoms with Crippen LogP contribution >= 0.6 is 0 Å². The minimum absolute atomic E-state index is 0.333. The van der Waals surface area contributed by atoms with E-state index in [0.717, 1.165) is 12.0 Å². The zero-order chi connectivity index (χ0) is 8.55. The molecule has 0 aliphatic heterocycles. The summed E-state index contributed by atoms with van der Waals surface area (Å²) in [6.07, 6.45) is 6.45. The molecule has 0 aromatic heterocycles. The van der Waals surface area contributed by atoms with Crippen molar-refractivity contribution in [2.75, 3.05) is 0 Å². The molecule has 2 atom stereocenters. The lowest BCUT2D eigenvalue weighted by Gasteiger charge is -2.01. The molecule has 2 N–H and O–H groups in total. The minimum Gasteiger partial charge on any atom is -0.327 e. The number of benzene rings is 1. The summed E-state index contributed by atoms with van der Waals surface area (Å²) in [5.41, 5.74) is 7.99. The monoisotopic (exact) mass is 157 g/mol. The Morgan fingerprint density at radius 3 is 2.67 bits per heavy atom. The molecule has 0 bridgehead atoms. The summed E-state index contributed by atoms with van der Waals surface area (Å²) in [5, 5.41) is 0. The first-order chi connectivity index (χ1) is 5.83. The fourth-order valence-corrected chi connectivity index (χ4v) is 1.52. The second kappa shape index (κ2) is 2.66. The molecule has 12 heavy (non-hydrogen) atoms. The summed E-state index contributed by atoms with van der Waals surface area (Å²) in [5.74, 6) is 3.19. The Morgan fingerprint density at radius 1 is 1.42 bits per heavy atom. The number of hydrogen-bond donors (Lipinski definition) is 1. The molecule has 1 nitrogen and oxygen atoms in total. The second-order valence-electron chi connectivity index (χ2n) is 3.24. The lowest BCUT2D eigenvalue weighted by Crippen LogP contribution is -2.01. The fraction of sp³-hybridized carbons (Fsp3) is 0.273. The molecule has 1 aromatic rings. The summed E-state index contributed by atoms with van der Waals surface area (Å²) in [6.45, 7) is 0. The van der Waals surface area contributed by atoms with Gasteiger partial charge in [-0.25, -0.2) is 0 Å². The Labute approximate surface area is 72.6 Å². The smallest absolute Gasteiger partial charge is 0.0278 e. The molecule has 0 heterocycles. The summed E-state index contributed by atoms with van der Waals surface area (Å²) in [4.78, 5) is 0. The van der Waals surface area contributed by atoms with Gasteiger partial charge in [0.25, 0.3) is 0 Å². The largest absolute Gasteiger partial charge is 0.327 e. The van der Waals surface area contributed by atoms with Crippen LogP contribution in [0.1, 0.15) is 23.5 Å². The first-order valence-electron chi connectivity index (χ1n) is 4.14. The topological polar surface area (TPSA) is 26.0 Å². The summed E-state index contributed by atoms with van der Waals surface area (Å²) >= 11 is 0. The molecule has 2 unspecified atom stereocenters. The Bertz CT molecular complexity index is 335. The van der Waals surface area contributed by atoms with Gasteiger partial charge in [0.1, 0.15) is 0 Å². The molecule has 0 amide bonds. The van der Waals surface area contributed by atoms with Crippen molar-refractivity contribution in [1.82, 2.24) is 0 Å². The van der Waals surface area contributed by atoms with Crippen molar-refractivity contribution in [3.05, 3.63) is 35.4 Å². The van der Waals surface area contributed by atoms with Crippen LogP contribution in [0.15, 0.2) is 24.3 Å². The average molecular weight is 157 g/mol. The normalized spacial score (nSPS) is 26.3. The van der Waals surface area contributed by atoms with E-state index in [1.807, 2.05) is 18.2 Å². The quantitative estimate of drug-likeness (QED) is 0.614. The molecule has 0 spiro atoms. The van der Waals surface area contributed by atoms with Crippen LogP contribution in [-0.4, -0.2) is 6.04 Å². The molecule has 1 aliphatic rings. The highest BCUT2D eigenvalue weighted by molar-refractivity contribution is 5.44.